The zero-order chi connectivity index (χ0) is 6.69. The first-order chi connectivity index (χ1) is 4.34. The van der Waals surface area contributed by atoms with Crippen LogP contribution in [0.15, 0.2) is 23.9 Å². The molecule has 0 aromatic carbocycles. The van der Waals surface area contributed by atoms with Gasteiger partial charge in [0.1, 0.15) is 12.0 Å². The third-order valence-electron chi connectivity index (χ3n) is 1.32. The zero-order valence-electron chi connectivity index (χ0n) is 5.77. The van der Waals surface area contributed by atoms with Gasteiger partial charge in [-0.3, -0.25) is 0 Å². The van der Waals surface area contributed by atoms with Crippen molar-refractivity contribution in [3.8, 4) is 0 Å². The topological polar surface area (TPSA) is 21.3 Å². The molecule has 9 heavy (non-hydrogen) atoms. The summed E-state index contributed by atoms with van der Waals surface area (Å²) in [5.74, 6) is 1.03. The summed E-state index contributed by atoms with van der Waals surface area (Å²) in [6.07, 6.45) is 4.39. The molecule has 0 saturated heterocycles. The average molecular weight is 125 g/mol. The lowest BCUT2D eigenvalue weighted by atomic mass is 10.3. The molecule has 2 heteroatoms. The van der Waals surface area contributed by atoms with Crippen LogP contribution in [0.1, 0.15) is 20.3 Å². The molecule has 0 aliphatic carbocycles. The Balaban J connectivity index is 2.64. The van der Waals surface area contributed by atoms with Crippen LogP contribution in [0.4, 0.5) is 0 Å². The Labute approximate surface area is 55.2 Å². The van der Waals surface area contributed by atoms with Gasteiger partial charge >= 0.3 is 0 Å². The molecule has 0 aromatic heterocycles. The number of hydrogen-bond donors (Lipinski definition) is 1. The molecule has 1 rings (SSSR count). The van der Waals surface area contributed by atoms with Crippen LogP contribution in [0.2, 0.25) is 0 Å². The van der Waals surface area contributed by atoms with Crippen molar-refractivity contribution >= 4 is 0 Å². The fraction of sp³-hybridized carbons (Fsp3) is 0.429. The number of rotatable bonds is 1. The van der Waals surface area contributed by atoms with Crippen molar-refractivity contribution in [1.82, 2.24) is 5.32 Å². The molecule has 0 saturated carbocycles. The Morgan fingerprint density at radius 1 is 1.67 bits per heavy atom. The number of allylic oxidation sites excluding steroid dienone is 2. The molecule has 1 heterocycles. The van der Waals surface area contributed by atoms with Crippen LogP contribution in [0.3, 0.4) is 0 Å². The molecule has 0 bridgehead atoms. The van der Waals surface area contributed by atoms with E-state index in [0.717, 1.165) is 17.9 Å². The summed E-state index contributed by atoms with van der Waals surface area (Å²) in [6.45, 7) is 4.07. The molecule has 50 valence electrons. The van der Waals surface area contributed by atoms with Crippen LogP contribution in [-0.4, -0.2) is 0 Å². The molecule has 0 spiro atoms. The quantitative estimate of drug-likeness (QED) is 0.576. The van der Waals surface area contributed by atoms with Crippen molar-refractivity contribution in [2.45, 2.75) is 20.3 Å². The molecular formula is C7H11NO. The Hall–Kier alpha value is -0.920. The van der Waals surface area contributed by atoms with E-state index in [0.29, 0.717) is 0 Å². The van der Waals surface area contributed by atoms with Gasteiger partial charge in [0.2, 0.25) is 0 Å². The first kappa shape index (κ1) is 6.20. The van der Waals surface area contributed by atoms with E-state index in [1.165, 1.54) is 0 Å². The highest BCUT2D eigenvalue weighted by atomic mass is 16.5. The van der Waals surface area contributed by atoms with Crippen molar-refractivity contribution in [3.63, 3.8) is 0 Å². The lowest BCUT2D eigenvalue weighted by molar-refractivity contribution is 0.318. The van der Waals surface area contributed by atoms with Crippen LogP contribution in [0.5, 0.6) is 0 Å². The molecule has 1 N–H and O–H groups in total. The fourth-order valence-corrected chi connectivity index (χ4v) is 0.793. The minimum absolute atomic E-state index is 0.948. The minimum atomic E-state index is 0.948. The highest BCUT2D eigenvalue weighted by Crippen LogP contribution is 2.10. The number of nitrogens with one attached hydrogen (secondary N) is 1. The van der Waals surface area contributed by atoms with Gasteiger partial charge in [0.25, 0.3) is 0 Å². The Morgan fingerprint density at radius 2 is 2.44 bits per heavy atom. The predicted octanol–water partition coefficient (Wildman–Crippen LogP) is 1.72. The van der Waals surface area contributed by atoms with E-state index in [1.54, 1.807) is 12.5 Å². The molecular weight excluding hydrogens is 114 g/mol. The standard InChI is InChI=1S/C7H11NO/c1-3-7-6(2)8-4-5-9-7/h4-5,8H,3H2,1-2H3. The first-order valence-electron chi connectivity index (χ1n) is 3.12. The summed E-state index contributed by atoms with van der Waals surface area (Å²) in [7, 11) is 0. The van der Waals surface area contributed by atoms with Gasteiger partial charge in [-0.2, -0.15) is 0 Å². The molecule has 0 fully saturated rings. The smallest absolute Gasteiger partial charge is 0.122 e. The molecule has 0 unspecified atom stereocenters. The largest absolute Gasteiger partial charge is 0.466 e. The molecule has 0 amide bonds. The molecule has 1 aliphatic rings. The minimum Gasteiger partial charge on any atom is -0.466 e. The number of hydrogen-bond acceptors (Lipinski definition) is 2. The first-order valence-corrected chi connectivity index (χ1v) is 3.12. The summed E-state index contributed by atoms with van der Waals surface area (Å²) in [6, 6.07) is 0. The second-order valence-electron chi connectivity index (χ2n) is 1.97. The van der Waals surface area contributed by atoms with Gasteiger partial charge in [0.05, 0.1) is 5.70 Å². The highest BCUT2D eigenvalue weighted by Gasteiger charge is 2.01. The third kappa shape index (κ3) is 1.25. The maximum Gasteiger partial charge on any atom is 0.122 e. The lowest BCUT2D eigenvalue weighted by Crippen LogP contribution is -2.09. The van der Waals surface area contributed by atoms with Crippen LogP contribution in [-0.2, 0) is 4.74 Å². The van der Waals surface area contributed by atoms with E-state index < -0.39 is 0 Å². The molecule has 1 aliphatic heterocycles. The van der Waals surface area contributed by atoms with Gasteiger partial charge in [-0.1, -0.05) is 6.92 Å². The van der Waals surface area contributed by atoms with Crippen molar-refractivity contribution in [2.24, 2.45) is 0 Å². The second-order valence-corrected chi connectivity index (χ2v) is 1.97. The lowest BCUT2D eigenvalue weighted by Gasteiger charge is -2.12. The Kier molecular flexibility index (Phi) is 1.78. The van der Waals surface area contributed by atoms with Gasteiger partial charge < -0.3 is 10.1 Å². The summed E-state index contributed by atoms with van der Waals surface area (Å²) in [5, 5.41) is 3.06. The predicted molar refractivity (Wildman–Crippen MR) is 36.4 cm³/mol. The van der Waals surface area contributed by atoms with E-state index in [9.17, 15) is 0 Å². The van der Waals surface area contributed by atoms with Crippen LogP contribution < -0.4 is 5.32 Å². The van der Waals surface area contributed by atoms with E-state index in [4.69, 9.17) is 4.74 Å². The molecule has 0 radical (unpaired) electrons. The molecule has 0 atom stereocenters. The Bertz CT molecular complexity index is 158. The van der Waals surface area contributed by atoms with Crippen LogP contribution in [0.25, 0.3) is 0 Å². The number of ether oxygens (including phenoxy) is 1. The summed E-state index contributed by atoms with van der Waals surface area (Å²) in [5.41, 5.74) is 1.11. The van der Waals surface area contributed by atoms with Gasteiger partial charge in [0, 0.05) is 12.6 Å². The van der Waals surface area contributed by atoms with Gasteiger partial charge in [0.15, 0.2) is 0 Å². The van der Waals surface area contributed by atoms with E-state index in [2.05, 4.69) is 12.2 Å². The fourth-order valence-electron chi connectivity index (χ4n) is 0.793. The monoisotopic (exact) mass is 125 g/mol. The summed E-state index contributed by atoms with van der Waals surface area (Å²) < 4.78 is 5.18. The van der Waals surface area contributed by atoms with Crippen molar-refractivity contribution in [3.05, 3.63) is 23.9 Å². The maximum atomic E-state index is 5.18. The van der Waals surface area contributed by atoms with E-state index in [-0.39, 0.29) is 0 Å². The van der Waals surface area contributed by atoms with Crippen molar-refractivity contribution in [2.75, 3.05) is 0 Å². The van der Waals surface area contributed by atoms with Gasteiger partial charge in [-0.05, 0) is 6.92 Å². The van der Waals surface area contributed by atoms with Crippen molar-refractivity contribution < 1.29 is 4.74 Å². The molecule has 2 nitrogen and oxygen atoms in total. The summed E-state index contributed by atoms with van der Waals surface area (Å²) in [4.78, 5) is 0. The second kappa shape index (κ2) is 2.58. The van der Waals surface area contributed by atoms with Crippen molar-refractivity contribution in [1.29, 1.82) is 0 Å². The van der Waals surface area contributed by atoms with Gasteiger partial charge in [-0.15, -0.1) is 0 Å². The maximum absolute atomic E-state index is 5.18. The molecule has 0 aromatic rings. The van der Waals surface area contributed by atoms with E-state index >= 15 is 0 Å². The average Bonchev–Trinajstić information content (AvgIpc) is 1.89. The normalized spacial score (nSPS) is 17.1. The zero-order valence-corrected chi connectivity index (χ0v) is 5.77. The van der Waals surface area contributed by atoms with Crippen LogP contribution >= 0.6 is 0 Å². The Morgan fingerprint density at radius 3 is 2.89 bits per heavy atom. The SMILES string of the molecule is CCC1=C(C)NC=CO1. The van der Waals surface area contributed by atoms with Crippen LogP contribution in [0, 0.1) is 0 Å². The highest BCUT2D eigenvalue weighted by molar-refractivity contribution is 5.10. The van der Waals surface area contributed by atoms with Gasteiger partial charge in [-0.25, -0.2) is 0 Å². The van der Waals surface area contributed by atoms with E-state index in [1.807, 2.05) is 6.92 Å². The summed E-state index contributed by atoms with van der Waals surface area (Å²) >= 11 is 0. The third-order valence-corrected chi connectivity index (χ3v) is 1.32.